The predicted octanol–water partition coefficient (Wildman–Crippen LogP) is 3.78. The molecule has 0 atom stereocenters. The van der Waals surface area contributed by atoms with Gasteiger partial charge in [0.1, 0.15) is 0 Å². The molecule has 1 aliphatic carbocycles. The molecule has 0 bridgehead atoms. The lowest BCUT2D eigenvalue weighted by atomic mass is 10.1. The zero-order valence-corrected chi connectivity index (χ0v) is 14.6. The van der Waals surface area contributed by atoms with Crippen LogP contribution in [0.3, 0.4) is 0 Å². The van der Waals surface area contributed by atoms with Crippen LogP contribution in [0.4, 0.5) is 11.4 Å². The largest absolute Gasteiger partial charge is 0.376 e. The predicted molar refractivity (Wildman–Crippen MR) is 98.1 cm³/mol. The van der Waals surface area contributed by atoms with Crippen LogP contribution >= 0.6 is 0 Å². The van der Waals surface area contributed by atoms with Crippen molar-refractivity contribution in [3.8, 4) is 0 Å². The molecular weight excluding hydrogens is 286 g/mol. The highest BCUT2D eigenvalue weighted by Gasteiger charge is 2.14. The fraction of sp³-hybridized carbons (Fsp3) is 0.632. The number of rotatable bonds is 7. The van der Waals surface area contributed by atoms with Crippen LogP contribution in [0.5, 0.6) is 0 Å². The van der Waals surface area contributed by atoms with Crippen LogP contribution < -0.4 is 15.5 Å². The first-order valence-corrected chi connectivity index (χ1v) is 9.11. The molecule has 23 heavy (non-hydrogen) atoms. The Hall–Kier alpha value is -1.71. The quantitative estimate of drug-likeness (QED) is 0.752. The standard InChI is InChI=1S/C19H31N3O/c1-3-22(4-2)18-13-11-16(12-14-18)20-15-19(23)21-17-9-7-5-6-8-10-17/h11-14,17,20H,3-10,15H2,1-2H3,(H,21,23). The number of hydrogen-bond donors (Lipinski definition) is 2. The average Bonchev–Trinajstić information content (AvgIpc) is 2.84. The van der Waals surface area contributed by atoms with E-state index in [-0.39, 0.29) is 5.91 Å². The first-order valence-electron chi connectivity index (χ1n) is 9.11. The SMILES string of the molecule is CCN(CC)c1ccc(NCC(=O)NC2CCCCCC2)cc1. The zero-order chi connectivity index (χ0) is 16.5. The Kier molecular flexibility index (Phi) is 7.24. The highest BCUT2D eigenvalue weighted by Crippen LogP contribution is 2.18. The van der Waals surface area contributed by atoms with Crippen LogP contribution in [0.1, 0.15) is 52.4 Å². The molecule has 0 unspecified atom stereocenters. The van der Waals surface area contributed by atoms with Crippen molar-refractivity contribution in [3.05, 3.63) is 24.3 Å². The normalized spacial score (nSPS) is 15.7. The van der Waals surface area contributed by atoms with E-state index in [1.54, 1.807) is 0 Å². The number of amides is 1. The summed E-state index contributed by atoms with van der Waals surface area (Å²) in [5, 5.41) is 6.39. The summed E-state index contributed by atoms with van der Waals surface area (Å²) in [6.07, 6.45) is 7.36. The minimum absolute atomic E-state index is 0.102. The lowest BCUT2D eigenvalue weighted by Crippen LogP contribution is -2.38. The Morgan fingerprint density at radius 1 is 1.04 bits per heavy atom. The molecule has 0 spiro atoms. The second-order valence-corrected chi connectivity index (χ2v) is 6.33. The third kappa shape index (κ3) is 5.77. The van der Waals surface area contributed by atoms with E-state index in [0.29, 0.717) is 12.6 Å². The van der Waals surface area contributed by atoms with E-state index in [1.165, 1.54) is 31.4 Å². The smallest absolute Gasteiger partial charge is 0.239 e. The molecule has 0 saturated heterocycles. The maximum atomic E-state index is 12.1. The van der Waals surface area contributed by atoms with Gasteiger partial charge in [0, 0.05) is 30.5 Å². The van der Waals surface area contributed by atoms with Crippen molar-refractivity contribution in [2.45, 2.75) is 58.4 Å². The van der Waals surface area contributed by atoms with Crippen molar-refractivity contribution >= 4 is 17.3 Å². The minimum Gasteiger partial charge on any atom is -0.376 e. The molecule has 1 aromatic rings. The van der Waals surface area contributed by atoms with Crippen LogP contribution in [0, 0.1) is 0 Å². The average molecular weight is 317 g/mol. The molecule has 0 heterocycles. The topological polar surface area (TPSA) is 44.4 Å². The van der Waals surface area contributed by atoms with Gasteiger partial charge in [0.15, 0.2) is 0 Å². The van der Waals surface area contributed by atoms with E-state index in [1.807, 2.05) is 12.1 Å². The molecule has 1 aromatic carbocycles. The van der Waals surface area contributed by atoms with Crippen LogP contribution in [0.25, 0.3) is 0 Å². The van der Waals surface area contributed by atoms with Gasteiger partial charge in [-0.15, -0.1) is 0 Å². The molecule has 1 saturated carbocycles. The van der Waals surface area contributed by atoms with Crippen molar-refractivity contribution in [1.29, 1.82) is 0 Å². The van der Waals surface area contributed by atoms with E-state index in [4.69, 9.17) is 0 Å². The summed E-state index contributed by atoms with van der Waals surface area (Å²) in [6, 6.07) is 8.69. The van der Waals surface area contributed by atoms with Crippen LogP contribution in [0.15, 0.2) is 24.3 Å². The molecule has 2 N–H and O–H groups in total. The van der Waals surface area contributed by atoms with Gasteiger partial charge < -0.3 is 15.5 Å². The van der Waals surface area contributed by atoms with Gasteiger partial charge in [-0.1, -0.05) is 25.7 Å². The first-order chi connectivity index (χ1) is 11.2. The Labute approximate surface area is 140 Å². The lowest BCUT2D eigenvalue weighted by molar-refractivity contribution is -0.120. The lowest BCUT2D eigenvalue weighted by Gasteiger charge is -2.21. The number of benzene rings is 1. The number of carbonyl (C=O) groups is 1. The van der Waals surface area contributed by atoms with Gasteiger partial charge >= 0.3 is 0 Å². The maximum Gasteiger partial charge on any atom is 0.239 e. The number of nitrogens with zero attached hydrogens (tertiary/aromatic N) is 1. The van der Waals surface area contributed by atoms with Gasteiger partial charge in [0.2, 0.25) is 5.91 Å². The van der Waals surface area contributed by atoms with Crippen LogP contribution in [0.2, 0.25) is 0 Å². The number of hydrogen-bond acceptors (Lipinski definition) is 3. The summed E-state index contributed by atoms with van der Waals surface area (Å²) in [7, 11) is 0. The van der Waals surface area contributed by atoms with Crippen molar-refractivity contribution in [2.24, 2.45) is 0 Å². The minimum atomic E-state index is 0.102. The molecule has 1 fully saturated rings. The highest BCUT2D eigenvalue weighted by molar-refractivity contribution is 5.81. The third-order valence-electron chi connectivity index (χ3n) is 4.67. The van der Waals surface area contributed by atoms with Crippen LogP contribution in [-0.4, -0.2) is 31.6 Å². The van der Waals surface area contributed by atoms with Gasteiger partial charge in [-0.3, -0.25) is 4.79 Å². The molecule has 1 aliphatic rings. The van der Waals surface area contributed by atoms with Crippen molar-refractivity contribution in [2.75, 3.05) is 29.9 Å². The Balaban J connectivity index is 1.77. The van der Waals surface area contributed by atoms with Gasteiger partial charge in [0.25, 0.3) is 0 Å². The molecule has 1 amide bonds. The molecule has 4 heteroatoms. The molecule has 0 aromatic heterocycles. The van der Waals surface area contributed by atoms with Crippen molar-refractivity contribution in [3.63, 3.8) is 0 Å². The van der Waals surface area contributed by atoms with Gasteiger partial charge in [-0.25, -0.2) is 0 Å². The van der Waals surface area contributed by atoms with E-state index >= 15 is 0 Å². The molecular formula is C19H31N3O. The first kappa shape index (κ1) is 17.6. The highest BCUT2D eigenvalue weighted by atomic mass is 16.1. The van der Waals surface area contributed by atoms with E-state index < -0.39 is 0 Å². The third-order valence-corrected chi connectivity index (χ3v) is 4.67. The number of carbonyl (C=O) groups excluding carboxylic acids is 1. The Morgan fingerprint density at radius 2 is 1.65 bits per heavy atom. The molecule has 128 valence electrons. The van der Waals surface area contributed by atoms with E-state index in [9.17, 15) is 4.79 Å². The van der Waals surface area contributed by atoms with Gasteiger partial charge in [-0.2, -0.15) is 0 Å². The molecule has 4 nitrogen and oxygen atoms in total. The summed E-state index contributed by atoms with van der Waals surface area (Å²) in [4.78, 5) is 14.4. The van der Waals surface area contributed by atoms with E-state index in [0.717, 1.165) is 31.6 Å². The van der Waals surface area contributed by atoms with Crippen molar-refractivity contribution < 1.29 is 4.79 Å². The van der Waals surface area contributed by atoms with Crippen molar-refractivity contribution in [1.82, 2.24) is 5.32 Å². The molecule has 0 radical (unpaired) electrons. The summed E-state index contributed by atoms with van der Waals surface area (Å²) in [5.74, 6) is 0.102. The maximum absolute atomic E-state index is 12.1. The molecule has 0 aliphatic heterocycles. The Morgan fingerprint density at radius 3 is 2.22 bits per heavy atom. The fourth-order valence-electron chi connectivity index (χ4n) is 3.26. The summed E-state index contributed by atoms with van der Waals surface area (Å²) in [6.45, 7) is 6.68. The molecule has 2 rings (SSSR count). The fourth-order valence-corrected chi connectivity index (χ4v) is 3.26. The second-order valence-electron chi connectivity index (χ2n) is 6.33. The summed E-state index contributed by atoms with van der Waals surface area (Å²) < 4.78 is 0. The monoisotopic (exact) mass is 317 g/mol. The second kappa shape index (κ2) is 9.43. The van der Waals surface area contributed by atoms with Crippen LogP contribution in [-0.2, 0) is 4.79 Å². The zero-order valence-electron chi connectivity index (χ0n) is 14.6. The number of anilines is 2. The summed E-state index contributed by atoms with van der Waals surface area (Å²) >= 11 is 0. The summed E-state index contributed by atoms with van der Waals surface area (Å²) in [5.41, 5.74) is 2.22. The van der Waals surface area contributed by atoms with E-state index in [2.05, 4.69) is 41.5 Å². The van der Waals surface area contributed by atoms with Gasteiger partial charge in [0.05, 0.1) is 6.54 Å². The number of nitrogens with one attached hydrogen (secondary N) is 2. The Bertz CT molecular complexity index is 460. The van der Waals surface area contributed by atoms with Gasteiger partial charge in [-0.05, 0) is 51.0 Å².